The molecule has 0 aliphatic rings. The molecule has 0 amide bonds. The van der Waals surface area contributed by atoms with Gasteiger partial charge in [0.15, 0.2) is 6.10 Å². The second kappa shape index (κ2) is 68.1. The second-order valence-electron chi connectivity index (χ2n) is 22.0. The van der Waals surface area contributed by atoms with Crippen LogP contribution in [0.1, 0.15) is 303 Å². The van der Waals surface area contributed by atoms with E-state index in [0.717, 1.165) is 141 Å². The molecule has 0 aromatic heterocycles. The Labute approximate surface area is 500 Å². The molecule has 0 radical (unpaired) electrons. The second-order valence-corrected chi connectivity index (χ2v) is 22.0. The van der Waals surface area contributed by atoms with E-state index in [4.69, 9.17) is 14.2 Å². The quantitative estimate of drug-likeness (QED) is 0.0261. The number of carbonyl (C=O) groups excluding carboxylic acids is 3. The van der Waals surface area contributed by atoms with Crippen LogP contribution in [0, 0.1) is 0 Å². The Hall–Kier alpha value is -4.45. The summed E-state index contributed by atoms with van der Waals surface area (Å²) in [5, 5.41) is 0. The van der Waals surface area contributed by atoms with Gasteiger partial charge in [-0.3, -0.25) is 14.4 Å². The van der Waals surface area contributed by atoms with Crippen LogP contribution < -0.4 is 0 Å². The number of hydrogen-bond acceptors (Lipinski definition) is 6. The fourth-order valence-corrected chi connectivity index (χ4v) is 9.07. The summed E-state index contributed by atoms with van der Waals surface area (Å²) in [6.07, 6.45) is 96.0. The summed E-state index contributed by atoms with van der Waals surface area (Å²) in [7, 11) is 0. The van der Waals surface area contributed by atoms with Crippen LogP contribution in [0.3, 0.4) is 0 Å². The maximum Gasteiger partial charge on any atom is 0.306 e. The summed E-state index contributed by atoms with van der Waals surface area (Å²) in [5.74, 6) is -0.944. The van der Waals surface area contributed by atoms with E-state index < -0.39 is 6.10 Å². The Morgan fingerprint density at radius 1 is 0.259 bits per heavy atom. The first-order valence-corrected chi connectivity index (χ1v) is 33.7. The van der Waals surface area contributed by atoms with Gasteiger partial charge >= 0.3 is 17.9 Å². The largest absolute Gasteiger partial charge is 0.462 e. The van der Waals surface area contributed by atoms with Crippen molar-refractivity contribution in [2.75, 3.05) is 13.2 Å². The molecule has 0 N–H and O–H groups in total. The summed E-state index contributed by atoms with van der Waals surface area (Å²) in [6, 6.07) is 0. The zero-order valence-electron chi connectivity index (χ0n) is 52.8. The highest BCUT2D eigenvalue weighted by Crippen LogP contribution is 2.15. The first kappa shape index (κ1) is 76.5. The number of hydrogen-bond donors (Lipinski definition) is 0. The number of rotatable bonds is 60. The molecule has 0 aromatic carbocycles. The van der Waals surface area contributed by atoms with Crippen molar-refractivity contribution in [2.24, 2.45) is 0 Å². The number of allylic oxidation sites excluding steroid dienone is 22. The summed E-state index contributed by atoms with van der Waals surface area (Å²) < 4.78 is 16.9. The molecule has 0 rings (SSSR count). The molecule has 460 valence electrons. The molecule has 0 aromatic rings. The van der Waals surface area contributed by atoms with E-state index in [2.05, 4.69) is 154 Å². The molecule has 0 saturated carbocycles. The van der Waals surface area contributed by atoms with Crippen LogP contribution in [0.2, 0.25) is 0 Å². The molecular formula is C75H124O6. The van der Waals surface area contributed by atoms with Gasteiger partial charge in [-0.1, -0.05) is 276 Å². The molecule has 6 heteroatoms. The maximum absolute atomic E-state index is 12.9. The van der Waals surface area contributed by atoms with Crippen LogP contribution >= 0.6 is 0 Å². The monoisotopic (exact) mass is 1120 g/mol. The first-order chi connectivity index (χ1) is 40.0. The number of carbonyl (C=O) groups is 3. The lowest BCUT2D eigenvalue weighted by molar-refractivity contribution is -0.167. The van der Waals surface area contributed by atoms with Gasteiger partial charge in [0.25, 0.3) is 0 Å². The predicted octanol–water partition coefficient (Wildman–Crippen LogP) is 23.3. The Morgan fingerprint density at radius 3 is 0.778 bits per heavy atom. The van der Waals surface area contributed by atoms with Gasteiger partial charge in [-0.25, -0.2) is 0 Å². The molecule has 0 aliphatic heterocycles. The third-order valence-corrected chi connectivity index (χ3v) is 14.1. The lowest BCUT2D eigenvalue weighted by atomic mass is 10.1. The van der Waals surface area contributed by atoms with Gasteiger partial charge in [0.05, 0.1) is 0 Å². The molecule has 0 fully saturated rings. The van der Waals surface area contributed by atoms with Crippen LogP contribution in [0.15, 0.2) is 134 Å². The number of esters is 3. The summed E-state index contributed by atoms with van der Waals surface area (Å²) in [5.41, 5.74) is 0. The van der Waals surface area contributed by atoms with Crippen LogP contribution in [0.25, 0.3) is 0 Å². The number of ether oxygens (including phenoxy) is 3. The lowest BCUT2D eigenvalue weighted by Crippen LogP contribution is -2.30. The van der Waals surface area contributed by atoms with E-state index in [1.54, 1.807) is 0 Å². The molecule has 1 atom stereocenters. The van der Waals surface area contributed by atoms with E-state index in [0.29, 0.717) is 19.3 Å². The van der Waals surface area contributed by atoms with Crippen molar-refractivity contribution in [3.63, 3.8) is 0 Å². The van der Waals surface area contributed by atoms with Gasteiger partial charge < -0.3 is 14.2 Å². The first-order valence-electron chi connectivity index (χ1n) is 33.7. The highest BCUT2D eigenvalue weighted by molar-refractivity contribution is 5.71. The van der Waals surface area contributed by atoms with Crippen molar-refractivity contribution < 1.29 is 28.6 Å². The van der Waals surface area contributed by atoms with Crippen LogP contribution in [0.5, 0.6) is 0 Å². The van der Waals surface area contributed by atoms with Crippen molar-refractivity contribution in [3.05, 3.63) is 134 Å². The van der Waals surface area contributed by atoms with Gasteiger partial charge in [-0.15, -0.1) is 0 Å². The smallest absolute Gasteiger partial charge is 0.306 e. The Morgan fingerprint density at radius 2 is 0.481 bits per heavy atom. The molecule has 0 aliphatic carbocycles. The Kier molecular flexibility index (Phi) is 64.3. The van der Waals surface area contributed by atoms with Gasteiger partial charge in [-0.2, -0.15) is 0 Å². The third kappa shape index (κ3) is 66.2. The fourth-order valence-electron chi connectivity index (χ4n) is 9.07. The lowest BCUT2D eigenvalue weighted by Gasteiger charge is -2.18. The molecule has 0 bridgehead atoms. The summed E-state index contributed by atoms with van der Waals surface area (Å²) >= 11 is 0. The van der Waals surface area contributed by atoms with Gasteiger partial charge in [0, 0.05) is 19.3 Å². The summed E-state index contributed by atoms with van der Waals surface area (Å²) in [6.45, 7) is 6.48. The molecule has 0 spiro atoms. The normalized spacial score (nSPS) is 13.0. The molecule has 1 unspecified atom stereocenters. The highest BCUT2D eigenvalue weighted by atomic mass is 16.6. The Bertz CT molecular complexity index is 1720. The van der Waals surface area contributed by atoms with Crippen molar-refractivity contribution in [3.8, 4) is 0 Å². The molecule has 0 heterocycles. The fraction of sp³-hybridized carbons (Fsp3) is 0.667. The maximum atomic E-state index is 12.9. The van der Waals surface area contributed by atoms with E-state index >= 15 is 0 Å². The van der Waals surface area contributed by atoms with Crippen LogP contribution in [-0.2, 0) is 28.6 Å². The van der Waals surface area contributed by atoms with Crippen molar-refractivity contribution in [1.29, 1.82) is 0 Å². The van der Waals surface area contributed by atoms with Gasteiger partial charge in [-0.05, 0) is 141 Å². The topological polar surface area (TPSA) is 78.9 Å². The number of unbranched alkanes of at least 4 members (excludes halogenated alkanes) is 27. The minimum atomic E-state index is -0.806. The summed E-state index contributed by atoms with van der Waals surface area (Å²) in [4.78, 5) is 38.4. The van der Waals surface area contributed by atoms with Crippen LogP contribution in [0.4, 0.5) is 0 Å². The zero-order chi connectivity index (χ0) is 58.5. The van der Waals surface area contributed by atoms with E-state index in [-0.39, 0.29) is 31.1 Å². The average Bonchev–Trinajstić information content (AvgIpc) is 3.47. The van der Waals surface area contributed by atoms with E-state index in [1.807, 2.05) is 0 Å². The predicted molar refractivity (Wildman–Crippen MR) is 353 cm³/mol. The molecular weight excluding hydrogens is 997 g/mol. The van der Waals surface area contributed by atoms with E-state index in [1.165, 1.54) is 122 Å². The molecule has 0 saturated heterocycles. The van der Waals surface area contributed by atoms with Crippen molar-refractivity contribution >= 4 is 17.9 Å². The Balaban J connectivity index is 4.47. The average molecular weight is 1120 g/mol. The van der Waals surface area contributed by atoms with E-state index in [9.17, 15) is 14.4 Å². The molecule has 81 heavy (non-hydrogen) atoms. The van der Waals surface area contributed by atoms with Crippen LogP contribution in [-0.4, -0.2) is 37.2 Å². The minimum absolute atomic E-state index is 0.0993. The molecule has 6 nitrogen and oxygen atoms in total. The van der Waals surface area contributed by atoms with Gasteiger partial charge in [0.1, 0.15) is 13.2 Å². The third-order valence-electron chi connectivity index (χ3n) is 14.1. The minimum Gasteiger partial charge on any atom is -0.462 e. The van der Waals surface area contributed by atoms with Crippen molar-refractivity contribution in [2.45, 2.75) is 309 Å². The highest BCUT2D eigenvalue weighted by Gasteiger charge is 2.19. The standard InChI is InChI=1S/C75H124O6/c1-4-7-10-13-16-19-22-25-28-30-32-34-36-37-39-40-42-44-47-50-53-56-59-62-65-68-74(77)80-71-72(70-79-73(76)67-64-61-58-55-52-49-46-27-24-21-18-15-12-9-6-3)81-75(78)69-66-63-60-57-54-51-48-45-43-41-38-35-33-31-29-26-23-20-17-14-11-8-5-2/h7,10,16,19,23,25-28,31-34,37-39,41-42,44,46,50,53,72H,4-6,8-9,11-15,17-18,20-22,24,29-30,35-36,40,43,45,47-49,51-52,54-71H2,1-3H3/b10-7-,19-16-,26-23-,28-25-,33-31-,34-32-,39-37-,41-38-,44-42-,46-27-,53-50-. The van der Waals surface area contributed by atoms with Crippen molar-refractivity contribution in [1.82, 2.24) is 0 Å². The van der Waals surface area contributed by atoms with Gasteiger partial charge in [0.2, 0.25) is 0 Å². The SMILES string of the molecule is CC/C=C\C/C=C\C/C=C\C/C=C\C/C=C\C/C=C\C/C=C\CCCCCC(=O)OCC(COC(=O)CCCCCCC/C=C\CCCCCCCC)OC(=O)CCCCCCCCCC/C=C\C/C=C\C/C=C\CCCCCCC. The zero-order valence-corrected chi connectivity index (χ0v) is 52.8.